The van der Waals surface area contributed by atoms with Crippen molar-refractivity contribution < 1.29 is 9.90 Å². The second-order valence-corrected chi connectivity index (χ2v) is 8.90. The van der Waals surface area contributed by atoms with Crippen molar-refractivity contribution in [2.24, 2.45) is 0 Å². The van der Waals surface area contributed by atoms with Gasteiger partial charge in [-0.3, -0.25) is 9.48 Å². The molecule has 1 saturated heterocycles. The van der Waals surface area contributed by atoms with Crippen LogP contribution in [0.5, 0.6) is 0 Å². The van der Waals surface area contributed by atoms with Crippen LogP contribution < -0.4 is 10.6 Å². The van der Waals surface area contributed by atoms with Gasteiger partial charge in [-0.25, -0.2) is 0 Å². The molecule has 0 unspecified atom stereocenters. The van der Waals surface area contributed by atoms with E-state index in [2.05, 4.69) is 29.6 Å². The van der Waals surface area contributed by atoms with E-state index in [1.54, 1.807) is 0 Å². The van der Waals surface area contributed by atoms with Crippen molar-refractivity contribution in [2.75, 3.05) is 6.54 Å². The Hall–Kier alpha value is -1.92. The van der Waals surface area contributed by atoms with Crippen molar-refractivity contribution in [1.29, 1.82) is 0 Å². The number of hydrogen-bond acceptors (Lipinski definition) is 4. The first kappa shape index (κ1) is 19.4. The molecule has 6 heteroatoms. The van der Waals surface area contributed by atoms with Crippen LogP contribution in [0.3, 0.4) is 0 Å². The van der Waals surface area contributed by atoms with Gasteiger partial charge in [0.05, 0.1) is 11.1 Å². The fraction of sp³-hybridized carbons (Fsp3) is 0.636. The third-order valence-corrected chi connectivity index (χ3v) is 6.29. The Morgan fingerprint density at radius 1 is 1.32 bits per heavy atom. The number of rotatable bonds is 5. The van der Waals surface area contributed by atoms with Crippen LogP contribution in [0.25, 0.3) is 10.9 Å². The third-order valence-electron chi connectivity index (χ3n) is 6.29. The van der Waals surface area contributed by atoms with Crippen LogP contribution >= 0.6 is 0 Å². The van der Waals surface area contributed by atoms with E-state index in [-0.39, 0.29) is 24.0 Å². The monoisotopic (exact) mass is 384 g/mol. The minimum Gasteiger partial charge on any atom is -0.390 e. The van der Waals surface area contributed by atoms with Crippen LogP contribution in [0.4, 0.5) is 0 Å². The number of nitrogens with zero attached hydrogens (tertiary/aromatic N) is 2. The molecule has 2 heterocycles. The second-order valence-electron chi connectivity index (χ2n) is 8.90. The maximum absolute atomic E-state index is 12.9. The third kappa shape index (κ3) is 3.94. The van der Waals surface area contributed by atoms with E-state index in [9.17, 15) is 9.90 Å². The maximum atomic E-state index is 12.9. The van der Waals surface area contributed by atoms with Crippen molar-refractivity contribution >= 4 is 16.8 Å². The Morgan fingerprint density at radius 2 is 2.07 bits per heavy atom. The molecule has 0 radical (unpaired) electrons. The smallest absolute Gasteiger partial charge is 0.272 e. The molecule has 6 nitrogen and oxygen atoms in total. The van der Waals surface area contributed by atoms with Gasteiger partial charge in [-0.1, -0.05) is 37.5 Å². The summed E-state index contributed by atoms with van der Waals surface area (Å²) in [5, 5.41) is 23.0. The number of amides is 1. The van der Waals surface area contributed by atoms with Crippen LogP contribution in [0.1, 0.15) is 75.3 Å². The van der Waals surface area contributed by atoms with Gasteiger partial charge in [0.15, 0.2) is 5.69 Å². The summed E-state index contributed by atoms with van der Waals surface area (Å²) in [5.74, 6) is -0.112. The molecule has 152 valence electrons. The molecule has 2 atom stereocenters. The van der Waals surface area contributed by atoms with Gasteiger partial charge >= 0.3 is 0 Å². The van der Waals surface area contributed by atoms with Crippen molar-refractivity contribution in [2.45, 2.75) is 82.5 Å². The molecule has 0 bridgehead atoms. The highest BCUT2D eigenvalue weighted by molar-refractivity contribution is 6.05. The highest BCUT2D eigenvalue weighted by Gasteiger charge is 2.35. The first-order valence-electron chi connectivity index (χ1n) is 10.7. The predicted octanol–water partition coefficient (Wildman–Crippen LogP) is 3.16. The lowest BCUT2D eigenvalue weighted by Crippen LogP contribution is -2.38. The molecule has 2 aromatic rings. The standard InChI is InChI=1S/C22H32N4O2/c1-15(2)26-19-9-5-4-8-18(19)20(25-26)21(27)24-17-12-16(23-14-17)13-22(28)10-6-3-7-11-22/h4-5,8-9,15-17,23,28H,3,6-7,10-14H2,1-2H3,(H,24,27)/t16-,17-/m0/s1. The summed E-state index contributed by atoms with van der Waals surface area (Å²) in [7, 11) is 0. The van der Waals surface area contributed by atoms with E-state index >= 15 is 0 Å². The second kappa shape index (κ2) is 7.84. The van der Waals surface area contributed by atoms with Gasteiger partial charge in [0.2, 0.25) is 0 Å². The van der Waals surface area contributed by atoms with Gasteiger partial charge in [0, 0.05) is 30.1 Å². The van der Waals surface area contributed by atoms with Crippen molar-refractivity contribution in [3.8, 4) is 0 Å². The molecule has 3 N–H and O–H groups in total. The molecule has 1 aliphatic carbocycles. The van der Waals surface area contributed by atoms with Gasteiger partial charge in [0.25, 0.3) is 5.91 Å². The zero-order valence-electron chi connectivity index (χ0n) is 16.9. The summed E-state index contributed by atoms with van der Waals surface area (Å²) in [4.78, 5) is 12.9. The topological polar surface area (TPSA) is 79.2 Å². The Balaban J connectivity index is 1.41. The maximum Gasteiger partial charge on any atom is 0.272 e. The molecule has 28 heavy (non-hydrogen) atoms. The van der Waals surface area contributed by atoms with Crippen LogP contribution in [-0.4, -0.2) is 45.0 Å². The summed E-state index contributed by atoms with van der Waals surface area (Å²) < 4.78 is 1.92. The molecule has 1 amide bonds. The lowest BCUT2D eigenvalue weighted by atomic mass is 9.80. The Labute approximate surface area is 166 Å². The Morgan fingerprint density at radius 3 is 2.82 bits per heavy atom. The molecule has 0 spiro atoms. The molecular formula is C22H32N4O2. The number of para-hydroxylation sites is 1. The van der Waals surface area contributed by atoms with Crippen molar-refractivity contribution in [3.05, 3.63) is 30.0 Å². The SMILES string of the molecule is CC(C)n1nc(C(=O)N[C@@H]2CN[C@H](CC3(O)CCCCC3)C2)c2ccccc21. The van der Waals surface area contributed by atoms with Crippen molar-refractivity contribution in [3.63, 3.8) is 0 Å². The summed E-state index contributed by atoms with van der Waals surface area (Å²) in [6.07, 6.45) is 6.92. The van der Waals surface area contributed by atoms with Crippen LogP contribution in [0.15, 0.2) is 24.3 Å². The summed E-state index contributed by atoms with van der Waals surface area (Å²) in [6, 6.07) is 8.43. The molecule has 1 aromatic carbocycles. The number of aliphatic hydroxyl groups is 1. The van der Waals surface area contributed by atoms with Crippen LogP contribution in [0.2, 0.25) is 0 Å². The molecule has 4 rings (SSSR count). The fourth-order valence-electron chi connectivity index (χ4n) is 4.86. The highest BCUT2D eigenvalue weighted by Crippen LogP contribution is 2.33. The van der Waals surface area contributed by atoms with Gasteiger partial charge in [-0.2, -0.15) is 5.10 Å². The van der Waals surface area contributed by atoms with Gasteiger partial charge in [-0.15, -0.1) is 0 Å². The van der Waals surface area contributed by atoms with Crippen molar-refractivity contribution in [1.82, 2.24) is 20.4 Å². The van der Waals surface area contributed by atoms with Crippen LogP contribution in [0, 0.1) is 0 Å². The number of aromatic nitrogens is 2. The van der Waals surface area contributed by atoms with E-state index < -0.39 is 5.60 Å². The van der Waals surface area contributed by atoms with Gasteiger partial charge in [0.1, 0.15) is 0 Å². The molecule has 1 aliphatic heterocycles. The quantitative estimate of drug-likeness (QED) is 0.740. The number of hydrogen-bond donors (Lipinski definition) is 3. The fourth-order valence-corrected chi connectivity index (χ4v) is 4.86. The number of fused-ring (bicyclic) bond motifs is 1. The average Bonchev–Trinajstić information content (AvgIpc) is 3.26. The molecular weight excluding hydrogens is 352 g/mol. The lowest BCUT2D eigenvalue weighted by molar-refractivity contribution is -0.0108. The zero-order chi connectivity index (χ0) is 19.7. The van der Waals surface area contributed by atoms with Gasteiger partial charge < -0.3 is 15.7 Å². The first-order chi connectivity index (χ1) is 13.5. The molecule has 1 saturated carbocycles. The van der Waals surface area contributed by atoms with E-state index in [0.717, 1.165) is 56.0 Å². The minimum atomic E-state index is -0.527. The van der Waals surface area contributed by atoms with E-state index in [1.807, 2.05) is 28.9 Å². The van der Waals surface area contributed by atoms with E-state index in [4.69, 9.17) is 0 Å². The Bertz CT molecular complexity index is 838. The first-order valence-corrected chi connectivity index (χ1v) is 10.7. The number of nitrogens with one attached hydrogen (secondary N) is 2. The molecule has 1 aromatic heterocycles. The summed E-state index contributed by atoms with van der Waals surface area (Å²) in [6.45, 7) is 4.89. The van der Waals surface area contributed by atoms with Crippen LogP contribution in [-0.2, 0) is 0 Å². The largest absolute Gasteiger partial charge is 0.390 e. The normalized spacial score (nSPS) is 24.7. The minimum absolute atomic E-state index is 0.0765. The highest BCUT2D eigenvalue weighted by atomic mass is 16.3. The number of carbonyl (C=O) groups is 1. The van der Waals surface area contributed by atoms with E-state index in [1.165, 1.54) is 6.42 Å². The average molecular weight is 385 g/mol. The number of carbonyl (C=O) groups excluding carboxylic acids is 1. The lowest BCUT2D eigenvalue weighted by Gasteiger charge is -2.34. The molecule has 2 aliphatic rings. The zero-order valence-corrected chi connectivity index (χ0v) is 16.9. The Kier molecular flexibility index (Phi) is 5.43. The van der Waals surface area contributed by atoms with E-state index in [0.29, 0.717) is 5.69 Å². The van der Waals surface area contributed by atoms with Gasteiger partial charge in [-0.05, 0) is 45.6 Å². The number of benzene rings is 1. The predicted molar refractivity (Wildman–Crippen MR) is 110 cm³/mol. The summed E-state index contributed by atoms with van der Waals surface area (Å²) in [5.41, 5.74) is 0.962. The summed E-state index contributed by atoms with van der Waals surface area (Å²) >= 11 is 0. The molecule has 2 fully saturated rings.